The Balaban J connectivity index is 1.92. The van der Waals surface area contributed by atoms with Crippen LogP contribution < -0.4 is 5.32 Å². The van der Waals surface area contributed by atoms with Gasteiger partial charge in [-0.3, -0.25) is 4.79 Å². The van der Waals surface area contributed by atoms with Crippen molar-refractivity contribution in [1.29, 1.82) is 0 Å². The first-order valence-corrected chi connectivity index (χ1v) is 7.85. The fourth-order valence-corrected chi connectivity index (χ4v) is 2.15. The third kappa shape index (κ3) is 4.96. The van der Waals surface area contributed by atoms with Gasteiger partial charge in [0.05, 0.1) is 0 Å². The van der Waals surface area contributed by atoms with Crippen molar-refractivity contribution < 1.29 is 14.3 Å². The van der Waals surface area contributed by atoms with Gasteiger partial charge in [0.15, 0.2) is 6.10 Å². The second-order valence-corrected chi connectivity index (χ2v) is 5.63. The van der Waals surface area contributed by atoms with E-state index in [0.29, 0.717) is 10.7 Å². The lowest BCUT2D eigenvalue weighted by Gasteiger charge is -2.14. The van der Waals surface area contributed by atoms with Gasteiger partial charge in [-0.05, 0) is 43.2 Å². The topological polar surface area (TPSA) is 55.4 Å². The number of carbonyl (C=O) groups excluding carboxylic acids is 2. The minimum atomic E-state index is -0.920. The predicted octanol–water partition coefficient (Wildman–Crippen LogP) is 4.23. The molecule has 0 bridgehead atoms. The van der Waals surface area contributed by atoms with Gasteiger partial charge in [-0.1, -0.05) is 48.0 Å². The third-order valence-electron chi connectivity index (χ3n) is 3.40. The van der Waals surface area contributed by atoms with E-state index < -0.39 is 18.0 Å². The zero-order valence-corrected chi connectivity index (χ0v) is 14.2. The molecule has 0 aliphatic carbocycles. The molecule has 4 nitrogen and oxygen atoms in total. The van der Waals surface area contributed by atoms with Crippen LogP contribution in [0.3, 0.4) is 0 Å². The van der Waals surface area contributed by atoms with Gasteiger partial charge in [-0.25, -0.2) is 4.79 Å². The summed E-state index contributed by atoms with van der Waals surface area (Å²) in [6.07, 6.45) is 2.01. The number of carbonyl (C=O) groups is 2. The number of ether oxygens (including phenoxy) is 1. The molecule has 0 saturated carbocycles. The van der Waals surface area contributed by atoms with E-state index in [4.69, 9.17) is 16.3 Å². The zero-order chi connectivity index (χ0) is 17.5. The quantitative estimate of drug-likeness (QED) is 0.652. The van der Waals surface area contributed by atoms with Crippen LogP contribution in [0.2, 0.25) is 5.02 Å². The van der Waals surface area contributed by atoms with Gasteiger partial charge >= 0.3 is 5.97 Å². The summed E-state index contributed by atoms with van der Waals surface area (Å²) in [6.45, 7) is 3.32. The van der Waals surface area contributed by atoms with Gasteiger partial charge in [0.1, 0.15) is 0 Å². The Labute approximate surface area is 146 Å². The Morgan fingerprint density at radius 1 is 1.12 bits per heavy atom. The van der Waals surface area contributed by atoms with Gasteiger partial charge in [0.2, 0.25) is 0 Å². The van der Waals surface area contributed by atoms with Gasteiger partial charge < -0.3 is 10.1 Å². The molecule has 2 rings (SSSR count). The highest BCUT2D eigenvalue weighted by Gasteiger charge is 2.17. The lowest BCUT2D eigenvalue weighted by molar-refractivity contribution is -0.148. The molecule has 0 spiro atoms. The molecule has 5 heteroatoms. The maximum absolute atomic E-state index is 12.1. The highest BCUT2D eigenvalue weighted by atomic mass is 35.5. The predicted molar refractivity (Wildman–Crippen MR) is 95.8 cm³/mol. The summed E-state index contributed by atoms with van der Waals surface area (Å²) in [5.74, 6) is -0.994. The first-order valence-electron chi connectivity index (χ1n) is 7.47. The van der Waals surface area contributed by atoms with Crippen LogP contribution in [0.4, 0.5) is 5.69 Å². The van der Waals surface area contributed by atoms with Gasteiger partial charge in [0, 0.05) is 16.8 Å². The van der Waals surface area contributed by atoms with Crippen LogP contribution in [0, 0.1) is 6.92 Å². The molecule has 0 saturated heterocycles. The Kier molecular flexibility index (Phi) is 6.15. The number of anilines is 1. The van der Waals surface area contributed by atoms with Crippen molar-refractivity contribution in [2.75, 3.05) is 5.32 Å². The van der Waals surface area contributed by atoms with Crippen molar-refractivity contribution in [3.63, 3.8) is 0 Å². The summed E-state index contributed by atoms with van der Waals surface area (Å²) < 4.78 is 5.11. The average Bonchev–Trinajstić information content (AvgIpc) is 2.58. The van der Waals surface area contributed by atoms with Crippen LogP contribution in [-0.4, -0.2) is 18.0 Å². The monoisotopic (exact) mass is 343 g/mol. The number of hydrogen-bond donors (Lipinski definition) is 1. The molecule has 0 aliphatic rings. The molecular formula is C19H18ClNO3. The van der Waals surface area contributed by atoms with Gasteiger partial charge in [-0.15, -0.1) is 0 Å². The van der Waals surface area contributed by atoms with Gasteiger partial charge in [-0.2, -0.15) is 0 Å². The smallest absolute Gasteiger partial charge is 0.331 e. The maximum Gasteiger partial charge on any atom is 0.331 e. The molecule has 1 amide bonds. The Morgan fingerprint density at radius 3 is 2.54 bits per heavy atom. The molecule has 0 fully saturated rings. The number of esters is 1. The second kappa shape index (κ2) is 8.31. The molecule has 0 aliphatic heterocycles. The van der Waals surface area contributed by atoms with E-state index in [1.807, 2.05) is 30.3 Å². The molecular weight excluding hydrogens is 326 g/mol. The summed E-state index contributed by atoms with van der Waals surface area (Å²) in [5.41, 5.74) is 2.23. The summed E-state index contributed by atoms with van der Waals surface area (Å²) in [5, 5.41) is 3.26. The van der Waals surface area contributed by atoms with Crippen molar-refractivity contribution in [3.05, 3.63) is 70.8 Å². The normalized spacial score (nSPS) is 12.0. The third-order valence-corrected chi connectivity index (χ3v) is 3.81. The van der Waals surface area contributed by atoms with E-state index in [1.165, 1.54) is 13.0 Å². The molecule has 2 aromatic carbocycles. The molecule has 2 aromatic rings. The van der Waals surface area contributed by atoms with Crippen LogP contribution in [0.1, 0.15) is 18.1 Å². The van der Waals surface area contributed by atoms with Crippen LogP contribution in [0.25, 0.3) is 6.08 Å². The zero-order valence-electron chi connectivity index (χ0n) is 13.5. The minimum absolute atomic E-state index is 0.415. The van der Waals surface area contributed by atoms with Gasteiger partial charge in [0.25, 0.3) is 5.91 Å². The molecule has 0 aromatic heterocycles. The number of amides is 1. The first-order chi connectivity index (χ1) is 11.5. The fourth-order valence-electron chi connectivity index (χ4n) is 1.97. The van der Waals surface area contributed by atoms with Crippen LogP contribution >= 0.6 is 11.6 Å². The standard InChI is InChI=1S/C19H18ClNO3/c1-13-16(20)9-6-10-17(13)21-19(23)14(2)24-18(22)12-11-15-7-4-3-5-8-15/h3-12,14H,1-2H3,(H,21,23)/b12-11+. The highest BCUT2D eigenvalue weighted by molar-refractivity contribution is 6.31. The largest absolute Gasteiger partial charge is 0.449 e. The number of nitrogens with one attached hydrogen (secondary N) is 1. The van der Waals surface area contributed by atoms with E-state index in [9.17, 15) is 9.59 Å². The van der Waals surface area contributed by atoms with E-state index in [-0.39, 0.29) is 0 Å². The number of halogens is 1. The van der Waals surface area contributed by atoms with E-state index in [1.54, 1.807) is 31.2 Å². The Bertz CT molecular complexity index is 756. The number of hydrogen-bond acceptors (Lipinski definition) is 3. The van der Waals surface area contributed by atoms with E-state index in [2.05, 4.69) is 5.32 Å². The van der Waals surface area contributed by atoms with Crippen molar-refractivity contribution in [3.8, 4) is 0 Å². The van der Waals surface area contributed by atoms with Crippen molar-refractivity contribution >= 4 is 35.2 Å². The van der Waals surface area contributed by atoms with Crippen molar-refractivity contribution in [2.24, 2.45) is 0 Å². The second-order valence-electron chi connectivity index (χ2n) is 5.22. The Hall–Kier alpha value is -2.59. The molecule has 124 valence electrons. The van der Waals surface area contributed by atoms with E-state index >= 15 is 0 Å². The molecule has 0 radical (unpaired) electrons. The van der Waals surface area contributed by atoms with Crippen molar-refractivity contribution in [1.82, 2.24) is 0 Å². The molecule has 1 unspecified atom stereocenters. The van der Waals surface area contributed by atoms with Crippen LogP contribution in [0.5, 0.6) is 0 Å². The average molecular weight is 344 g/mol. The Morgan fingerprint density at radius 2 is 1.83 bits per heavy atom. The summed E-state index contributed by atoms with van der Waals surface area (Å²) in [6, 6.07) is 14.6. The lowest BCUT2D eigenvalue weighted by Crippen LogP contribution is -2.29. The van der Waals surface area contributed by atoms with E-state index in [0.717, 1.165) is 11.1 Å². The molecule has 24 heavy (non-hydrogen) atoms. The number of rotatable bonds is 5. The van der Waals surface area contributed by atoms with Crippen LogP contribution in [0.15, 0.2) is 54.6 Å². The molecule has 1 atom stereocenters. The highest BCUT2D eigenvalue weighted by Crippen LogP contribution is 2.23. The van der Waals surface area contributed by atoms with Crippen LogP contribution in [-0.2, 0) is 14.3 Å². The first kappa shape index (κ1) is 17.8. The van der Waals surface area contributed by atoms with Crippen molar-refractivity contribution in [2.45, 2.75) is 20.0 Å². The SMILES string of the molecule is Cc1c(Cl)cccc1NC(=O)C(C)OC(=O)/C=C/c1ccccc1. The summed E-state index contributed by atoms with van der Waals surface area (Å²) in [4.78, 5) is 23.9. The number of benzene rings is 2. The summed E-state index contributed by atoms with van der Waals surface area (Å²) >= 11 is 6.01. The minimum Gasteiger partial charge on any atom is -0.449 e. The maximum atomic E-state index is 12.1. The lowest BCUT2D eigenvalue weighted by atomic mass is 10.2. The molecule has 1 N–H and O–H groups in total. The molecule has 0 heterocycles. The fraction of sp³-hybridized carbons (Fsp3) is 0.158. The summed E-state index contributed by atoms with van der Waals surface area (Å²) in [7, 11) is 0.